The standard InChI is InChI=1S/C7H11N3O/c1-3-4-7(9-6-11)5-10(2)8/h3-4H,1,5,8H2,2H3/b7-4+. The minimum absolute atomic E-state index is 0.404. The molecule has 0 bridgehead atoms. The molecule has 0 aromatic carbocycles. The predicted molar refractivity (Wildman–Crippen MR) is 43.2 cm³/mol. The Labute approximate surface area is 65.7 Å². The number of hydrogen-bond donors (Lipinski definition) is 1. The molecule has 2 N–H and O–H groups in total. The van der Waals surface area contributed by atoms with E-state index in [2.05, 4.69) is 11.6 Å². The zero-order valence-electron chi connectivity index (χ0n) is 6.45. The molecule has 0 saturated heterocycles. The molecule has 0 spiro atoms. The first kappa shape index (κ1) is 9.78. The van der Waals surface area contributed by atoms with Gasteiger partial charge in [0.2, 0.25) is 6.08 Å². The fourth-order valence-corrected chi connectivity index (χ4v) is 0.576. The third kappa shape index (κ3) is 5.24. The summed E-state index contributed by atoms with van der Waals surface area (Å²) in [7, 11) is 1.68. The molecular formula is C7H11N3O. The summed E-state index contributed by atoms with van der Waals surface area (Å²) in [4.78, 5) is 13.3. The van der Waals surface area contributed by atoms with Crippen LogP contribution in [0.3, 0.4) is 0 Å². The average molecular weight is 153 g/mol. The summed E-state index contributed by atoms with van der Waals surface area (Å²) in [5, 5.41) is 1.41. The zero-order valence-corrected chi connectivity index (χ0v) is 6.45. The highest BCUT2D eigenvalue weighted by Gasteiger charge is 1.94. The van der Waals surface area contributed by atoms with Gasteiger partial charge in [0.05, 0.1) is 12.2 Å². The number of allylic oxidation sites excluding steroid dienone is 2. The van der Waals surface area contributed by atoms with Crippen LogP contribution in [0, 0.1) is 0 Å². The van der Waals surface area contributed by atoms with Crippen molar-refractivity contribution in [3.05, 3.63) is 24.4 Å². The van der Waals surface area contributed by atoms with E-state index >= 15 is 0 Å². The smallest absolute Gasteiger partial charge is 0.240 e. The summed E-state index contributed by atoms with van der Waals surface area (Å²) >= 11 is 0. The monoisotopic (exact) mass is 153 g/mol. The van der Waals surface area contributed by atoms with Crippen molar-refractivity contribution in [3.8, 4) is 0 Å². The lowest BCUT2D eigenvalue weighted by molar-refractivity contribution is 0.379. The highest BCUT2D eigenvalue weighted by atomic mass is 16.1. The molecule has 0 radical (unpaired) electrons. The molecular weight excluding hydrogens is 142 g/mol. The Balaban J connectivity index is 4.22. The molecule has 60 valence electrons. The number of likely N-dealkylation sites (N-methyl/N-ethyl adjacent to an activating group) is 1. The second-order valence-corrected chi connectivity index (χ2v) is 2.01. The van der Waals surface area contributed by atoms with Crippen LogP contribution in [0.2, 0.25) is 0 Å². The highest BCUT2D eigenvalue weighted by Crippen LogP contribution is 1.95. The highest BCUT2D eigenvalue weighted by molar-refractivity contribution is 5.37. The molecule has 0 aromatic rings. The lowest BCUT2D eigenvalue weighted by Gasteiger charge is -2.07. The molecule has 4 nitrogen and oxygen atoms in total. The van der Waals surface area contributed by atoms with Gasteiger partial charge < -0.3 is 0 Å². The summed E-state index contributed by atoms with van der Waals surface area (Å²) in [5.41, 5.74) is 0.542. The van der Waals surface area contributed by atoms with Gasteiger partial charge in [0, 0.05) is 7.05 Å². The van der Waals surface area contributed by atoms with E-state index in [0.717, 1.165) is 0 Å². The molecule has 4 heteroatoms. The second kappa shape index (κ2) is 5.56. The third-order valence-corrected chi connectivity index (χ3v) is 0.911. The number of rotatable bonds is 4. The van der Waals surface area contributed by atoms with Gasteiger partial charge in [-0.2, -0.15) is 4.99 Å². The van der Waals surface area contributed by atoms with Crippen LogP contribution in [0.25, 0.3) is 0 Å². The summed E-state index contributed by atoms with van der Waals surface area (Å²) in [6, 6.07) is 0. The van der Waals surface area contributed by atoms with Gasteiger partial charge in [0.25, 0.3) is 0 Å². The molecule has 0 unspecified atom stereocenters. The molecule has 0 fully saturated rings. The Bertz CT molecular complexity index is 202. The second-order valence-electron chi connectivity index (χ2n) is 2.01. The van der Waals surface area contributed by atoms with Crippen LogP contribution in [0.1, 0.15) is 0 Å². The Morgan fingerprint density at radius 1 is 1.91 bits per heavy atom. The van der Waals surface area contributed by atoms with E-state index in [0.29, 0.717) is 12.2 Å². The molecule has 11 heavy (non-hydrogen) atoms. The van der Waals surface area contributed by atoms with E-state index in [9.17, 15) is 4.79 Å². The van der Waals surface area contributed by atoms with E-state index in [-0.39, 0.29) is 0 Å². The summed E-state index contributed by atoms with van der Waals surface area (Å²) in [6.45, 7) is 3.87. The molecule has 0 aromatic heterocycles. The molecule has 0 aliphatic rings. The van der Waals surface area contributed by atoms with Gasteiger partial charge >= 0.3 is 0 Å². The van der Waals surface area contributed by atoms with E-state index in [1.54, 1.807) is 19.2 Å². The Morgan fingerprint density at radius 3 is 2.91 bits per heavy atom. The van der Waals surface area contributed by atoms with E-state index in [1.807, 2.05) is 0 Å². The number of nitrogens with zero attached hydrogens (tertiary/aromatic N) is 2. The zero-order chi connectivity index (χ0) is 8.69. The molecule has 0 aliphatic heterocycles. The summed E-state index contributed by atoms with van der Waals surface area (Å²) < 4.78 is 0. The van der Waals surface area contributed by atoms with Crippen molar-refractivity contribution in [2.24, 2.45) is 10.8 Å². The van der Waals surface area contributed by atoms with Crippen LogP contribution in [0.4, 0.5) is 0 Å². The van der Waals surface area contributed by atoms with Gasteiger partial charge in [-0.1, -0.05) is 12.7 Å². The van der Waals surface area contributed by atoms with Crippen LogP contribution >= 0.6 is 0 Å². The topological polar surface area (TPSA) is 58.7 Å². The van der Waals surface area contributed by atoms with Crippen molar-refractivity contribution in [2.75, 3.05) is 13.6 Å². The average Bonchev–Trinajstić information content (AvgIpc) is 1.87. The van der Waals surface area contributed by atoms with Gasteiger partial charge in [-0.05, 0) is 6.08 Å². The molecule has 0 saturated carbocycles. The molecule has 0 rings (SSSR count). The van der Waals surface area contributed by atoms with Crippen molar-refractivity contribution in [1.82, 2.24) is 5.01 Å². The minimum Gasteiger partial charge on any atom is -0.269 e. The van der Waals surface area contributed by atoms with Crippen LogP contribution in [0.5, 0.6) is 0 Å². The largest absolute Gasteiger partial charge is 0.269 e. The maximum absolute atomic E-state index is 9.85. The lowest BCUT2D eigenvalue weighted by Crippen LogP contribution is -2.27. The molecule has 0 atom stereocenters. The summed E-state index contributed by atoms with van der Waals surface area (Å²) in [6.07, 6.45) is 4.58. The van der Waals surface area contributed by atoms with Crippen molar-refractivity contribution < 1.29 is 4.79 Å². The van der Waals surface area contributed by atoms with Gasteiger partial charge in [-0.25, -0.2) is 9.80 Å². The number of carbonyl (C=O) groups excluding carboxylic acids is 1. The van der Waals surface area contributed by atoms with Crippen LogP contribution in [-0.4, -0.2) is 24.7 Å². The number of hydrogen-bond acceptors (Lipinski definition) is 4. The molecule has 0 heterocycles. The summed E-state index contributed by atoms with van der Waals surface area (Å²) in [5.74, 6) is 5.32. The van der Waals surface area contributed by atoms with E-state index in [1.165, 1.54) is 11.1 Å². The van der Waals surface area contributed by atoms with Crippen molar-refractivity contribution in [2.45, 2.75) is 0 Å². The maximum atomic E-state index is 9.85. The first-order valence-electron chi connectivity index (χ1n) is 3.06. The van der Waals surface area contributed by atoms with Gasteiger partial charge in [0.1, 0.15) is 0 Å². The predicted octanol–water partition coefficient (Wildman–Crippen LogP) is 0.198. The lowest BCUT2D eigenvalue weighted by atomic mass is 10.4. The van der Waals surface area contributed by atoms with Crippen LogP contribution in [0.15, 0.2) is 29.4 Å². The first-order chi connectivity index (χ1) is 5.20. The Morgan fingerprint density at radius 2 is 2.55 bits per heavy atom. The van der Waals surface area contributed by atoms with Crippen molar-refractivity contribution in [3.63, 3.8) is 0 Å². The number of isocyanates is 1. The third-order valence-electron chi connectivity index (χ3n) is 0.911. The van der Waals surface area contributed by atoms with Crippen LogP contribution in [-0.2, 0) is 4.79 Å². The minimum atomic E-state index is 0.404. The number of aliphatic imine (C=N–C) groups is 1. The molecule has 0 aliphatic carbocycles. The van der Waals surface area contributed by atoms with Gasteiger partial charge in [-0.3, -0.25) is 5.84 Å². The van der Waals surface area contributed by atoms with E-state index < -0.39 is 0 Å². The van der Waals surface area contributed by atoms with E-state index in [4.69, 9.17) is 5.84 Å². The quantitative estimate of drug-likeness (QED) is 0.206. The van der Waals surface area contributed by atoms with Gasteiger partial charge in [-0.15, -0.1) is 0 Å². The number of nitrogens with two attached hydrogens (primary N) is 1. The van der Waals surface area contributed by atoms with Crippen LogP contribution < -0.4 is 5.84 Å². The normalized spacial score (nSPS) is 11.0. The Hall–Kier alpha value is -1.22. The fraction of sp³-hybridized carbons (Fsp3) is 0.286. The first-order valence-corrected chi connectivity index (χ1v) is 3.06. The maximum Gasteiger partial charge on any atom is 0.240 e. The van der Waals surface area contributed by atoms with Gasteiger partial charge in [0.15, 0.2) is 0 Å². The SMILES string of the molecule is C=C/C=C(\CN(C)N)N=C=O. The van der Waals surface area contributed by atoms with Crippen molar-refractivity contribution >= 4 is 6.08 Å². The van der Waals surface area contributed by atoms with Crippen molar-refractivity contribution in [1.29, 1.82) is 0 Å². The molecule has 0 amide bonds. The number of hydrazine groups is 1. The fourth-order valence-electron chi connectivity index (χ4n) is 0.576. The Kier molecular flexibility index (Phi) is 4.94.